The van der Waals surface area contributed by atoms with Crippen LogP contribution in [0.15, 0.2) is 53.4 Å². The third-order valence-corrected chi connectivity index (χ3v) is 12.6. The van der Waals surface area contributed by atoms with Gasteiger partial charge in [-0.3, -0.25) is 9.69 Å². The molecule has 1 fully saturated rings. The minimum Gasteiger partial charge on any atom is -0.490 e. The Hall–Kier alpha value is -3.28. The zero-order chi connectivity index (χ0) is 35.1. The van der Waals surface area contributed by atoms with Crippen LogP contribution in [-0.4, -0.2) is 88.7 Å². The molecule has 2 amide bonds. The molecular weight excluding hydrogens is 664 g/mol. The summed E-state index contributed by atoms with van der Waals surface area (Å²) in [4.78, 5) is 32.3. The van der Waals surface area contributed by atoms with E-state index in [-0.39, 0.29) is 22.1 Å². The second kappa shape index (κ2) is 13.8. The molecule has 2 aliphatic heterocycles. The Kier molecular flexibility index (Phi) is 10.0. The van der Waals surface area contributed by atoms with Gasteiger partial charge in [-0.05, 0) is 112 Å². The summed E-state index contributed by atoms with van der Waals surface area (Å²) >= 11 is 6.44. The van der Waals surface area contributed by atoms with Crippen LogP contribution in [0, 0.1) is 11.8 Å². The van der Waals surface area contributed by atoms with Crippen molar-refractivity contribution in [3.8, 4) is 5.75 Å². The summed E-state index contributed by atoms with van der Waals surface area (Å²) in [6.45, 7) is 8.12. The van der Waals surface area contributed by atoms with Gasteiger partial charge in [0.05, 0.1) is 22.7 Å². The first kappa shape index (κ1) is 35.5. The molecule has 1 spiro atoms. The second-order valence-electron chi connectivity index (χ2n) is 14.8. The number of amides is 2. The molecular formula is C37H49ClN4O6S. The van der Waals surface area contributed by atoms with E-state index >= 15 is 0 Å². The van der Waals surface area contributed by atoms with Gasteiger partial charge in [0.1, 0.15) is 11.9 Å². The number of fused-ring (bicyclic) bond motifs is 4. The molecule has 0 unspecified atom stereocenters. The molecule has 2 aromatic carbocycles. The van der Waals surface area contributed by atoms with E-state index in [9.17, 15) is 18.0 Å². The van der Waals surface area contributed by atoms with E-state index in [1.54, 1.807) is 40.1 Å². The lowest BCUT2D eigenvalue weighted by atomic mass is 9.68. The minimum absolute atomic E-state index is 0.00718. The third-order valence-electron chi connectivity index (χ3n) is 11.0. The number of nitrogens with zero attached hydrogens (tertiary/aromatic N) is 3. The van der Waals surface area contributed by atoms with Crippen LogP contribution in [0.5, 0.6) is 5.75 Å². The highest BCUT2D eigenvalue weighted by atomic mass is 35.5. The molecule has 12 heteroatoms. The molecule has 1 saturated carbocycles. The molecule has 49 heavy (non-hydrogen) atoms. The standard InChI is InChI=1S/C37H49ClN4O6S/c1-6-18-42-19-8-10-32(48-35(44)40(4)5)29-14-11-26(29)22-41-23-37(17-7-9-25-20-27(38)12-15-30(25)37)24-47-33-16-13-28(21-31(33)41)49(45,46)39-34(43)36(42,2)3/h8,10,12-13,15-16,20-21,26,29,32H,6-7,9,11,14,17-19,22-24H2,1-5H3,(H,39,43)/b10-8-/t26-,29+,32-,37-/m0/s1. The van der Waals surface area contributed by atoms with Gasteiger partial charge < -0.3 is 19.3 Å². The highest BCUT2D eigenvalue weighted by Gasteiger charge is 2.45. The van der Waals surface area contributed by atoms with Crippen molar-refractivity contribution in [1.29, 1.82) is 0 Å². The van der Waals surface area contributed by atoms with E-state index < -0.39 is 33.7 Å². The fraction of sp³-hybridized carbons (Fsp3) is 0.568. The van der Waals surface area contributed by atoms with E-state index in [2.05, 4.69) is 21.8 Å². The van der Waals surface area contributed by atoms with Crippen molar-refractivity contribution < 1.29 is 27.5 Å². The molecule has 4 atom stereocenters. The van der Waals surface area contributed by atoms with E-state index in [0.29, 0.717) is 49.2 Å². The number of hydrogen-bond donors (Lipinski definition) is 1. The number of nitrogens with one attached hydrogen (secondary N) is 1. The molecule has 0 radical (unpaired) electrons. The summed E-state index contributed by atoms with van der Waals surface area (Å²) in [5.41, 5.74) is 1.62. The fourth-order valence-corrected chi connectivity index (χ4v) is 9.25. The van der Waals surface area contributed by atoms with Crippen LogP contribution in [0.25, 0.3) is 0 Å². The number of benzene rings is 2. The molecule has 266 valence electrons. The van der Waals surface area contributed by atoms with E-state index in [1.807, 2.05) is 30.0 Å². The van der Waals surface area contributed by atoms with Gasteiger partial charge in [-0.25, -0.2) is 17.9 Å². The van der Waals surface area contributed by atoms with Crippen LogP contribution in [0.1, 0.15) is 64.0 Å². The number of rotatable bonds is 3. The van der Waals surface area contributed by atoms with Crippen LogP contribution in [0.4, 0.5) is 10.5 Å². The number of halogens is 1. The Bertz CT molecular complexity index is 1730. The smallest absolute Gasteiger partial charge is 0.409 e. The van der Waals surface area contributed by atoms with Crippen molar-refractivity contribution in [2.24, 2.45) is 11.8 Å². The van der Waals surface area contributed by atoms with Crippen molar-refractivity contribution in [2.75, 3.05) is 51.8 Å². The number of aryl methyl sites for hydroxylation is 1. The quantitative estimate of drug-likeness (QED) is 0.400. The van der Waals surface area contributed by atoms with Gasteiger partial charge in [0.15, 0.2) is 0 Å². The molecule has 2 aliphatic carbocycles. The van der Waals surface area contributed by atoms with Gasteiger partial charge in [-0.1, -0.05) is 30.7 Å². The minimum atomic E-state index is -4.21. The van der Waals surface area contributed by atoms with Crippen molar-refractivity contribution in [1.82, 2.24) is 14.5 Å². The van der Waals surface area contributed by atoms with Crippen molar-refractivity contribution in [3.63, 3.8) is 0 Å². The first-order valence-corrected chi connectivity index (χ1v) is 19.3. The number of sulfonamides is 1. The first-order chi connectivity index (χ1) is 23.2. The van der Waals surface area contributed by atoms with E-state index in [1.165, 1.54) is 22.1 Å². The number of hydrogen-bond acceptors (Lipinski definition) is 8. The van der Waals surface area contributed by atoms with Gasteiger partial charge in [0.2, 0.25) is 0 Å². The molecule has 6 rings (SSSR count). The number of ether oxygens (including phenoxy) is 2. The van der Waals surface area contributed by atoms with Crippen LogP contribution in [-0.2, 0) is 31.4 Å². The lowest BCUT2D eigenvalue weighted by Gasteiger charge is -2.46. The Balaban J connectivity index is 1.45. The molecule has 0 aromatic heterocycles. The number of carbonyl (C=O) groups excluding carboxylic acids is 2. The maximum atomic E-state index is 13.9. The van der Waals surface area contributed by atoms with Crippen LogP contribution in [0.2, 0.25) is 5.02 Å². The predicted molar refractivity (Wildman–Crippen MR) is 191 cm³/mol. The van der Waals surface area contributed by atoms with Gasteiger partial charge >= 0.3 is 6.09 Å². The Labute approximate surface area is 295 Å². The van der Waals surface area contributed by atoms with Gasteiger partial charge in [0.25, 0.3) is 15.9 Å². The normalized spacial score (nSPS) is 28.5. The zero-order valence-electron chi connectivity index (χ0n) is 29.2. The maximum Gasteiger partial charge on any atom is 0.409 e. The average molecular weight is 713 g/mol. The van der Waals surface area contributed by atoms with Crippen molar-refractivity contribution in [2.45, 2.75) is 81.2 Å². The summed E-state index contributed by atoms with van der Waals surface area (Å²) < 4.78 is 42.8. The molecule has 2 bridgehead atoms. The first-order valence-electron chi connectivity index (χ1n) is 17.4. The van der Waals surface area contributed by atoms with Crippen molar-refractivity contribution in [3.05, 3.63) is 64.7 Å². The Morgan fingerprint density at radius 1 is 1.16 bits per heavy atom. The molecule has 10 nitrogen and oxygen atoms in total. The van der Waals surface area contributed by atoms with Gasteiger partial charge in [-0.15, -0.1) is 0 Å². The Morgan fingerprint density at radius 3 is 2.67 bits per heavy atom. The highest BCUT2D eigenvalue weighted by molar-refractivity contribution is 7.90. The summed E-state index contributed by atoms with van der Waals surface area (Å²) in [6, 6.07) is 11.0. The third kappa shape index (κ3) is 7.03. The number of anilines is 1. The van der Waals surface area contributed by atoms with E-state index in [4.69, 9.17) is 21.1 Å². The number of carbonyl (C=O) groups is 2. The lowest BCUT2D eigenvalue weighted by molar-refractivity contribution is -0.129. The fourth-order valence-electron chi connectivity index (χ4n) is 7.93. The van der Waals surface area contributed by atoms with Gasteiger partial charge in [0, 0.05) is 50.1 Å². The molecule has 4 aliphatic rings. The van der Waals surface area contributed by atoms with Gasteiger partial charge in [-0.2, -0.15) is 0 Å². The molecule has 0 saturated heterocycles. The summed E-state index contributed by atoms with van der Waals surface area (Å²) in [5.74, 6) is 0.231. The highest BCUT2D eigenvalue weighted by Crippen LogP contribution is 2.47. The van der Waals surface area contributed by atoms with Crippen LogP contribution < -0.4 is 14.4 Å². The lowest BCUT2D eigenvalue weighted by Crippen LogP contribution is -2.56. The van der Waals surface area contributed by atoms with Crippen LogP contribution in [0.3, 0.4) is 0 Å². The second-order valence-corrected chi connectivity index (χ2v) is 17.0. The zero-order valence-corrected chi connectivity index (χ0v) is 30.8. The summed E-state index contributed by atoms with van der Waals surface area (Å²) in [5, 5.41) is 0.709. The monoisotopic (exact) mass is 712 g/mol. The Morgan fingerprint density at radius 2 is 1.96 bits per heavy atom. The summed E-state index contributed by atoms with van der Waals surface area (Å²) in [6.07, 6.45) is 8.49. The maximum absolute atomic E-state index is 13.9. The predicted octanol–water partition coefficient (Wildman–Crippen LogP) is 5.77. The summed E-state index contributed by atoms with van der Waals surface area (Å²) in [7, 11) is -0.854. The molecule has 2 aromatic rings. The molecule has 2 heterocycles. The topological polar surface area (TPSA) is 108 Å². The molecule has 1 N–H and O–H groups in total. The van der Waals surface area contributed by atoms with E-state index in [0.717, 1.165) is 38.5 Å². The SMILES string of the molecule is CCCN1C/C=C\[C@H](OC(=O)N(C)C)[C@@H]2CC[C@H]2CN2C[C@@]3(CCCc4cc(Cl)ccc43)COc3ccc(cc32)S(=O)(=O)NC(=O)C1(C)C. The average Bonchev–Trinajstić information content (AvgIpc) is 3.18. The van der Waals surface area contributed by atoms with Crippen LogP contribution >= 0.6 is 11.6 Å². The largest absolute Gasteiger partial charge is 0.490 e. The van der Waals surface area contributed by atoms with Crippen molar-refractivity contribution >= 4 is 39.3 Å².